The Balaban J connectivity index is 1.38. The molecular formula is C16H17N5O. The highest BCUT2D eigenvalue weighted by molar-refractivity contribution is 5.52. The van der Waals surface area contributed by atoms with Gasteiger partial charge in [0, 0.05) is 24.6 Å². The Morgan fingerprint density at radius 1 is 1.27 bits per heavy atom. The van der Waals surface area contributed by atoms with Crippen LogP contribution in [0.5, 0.6) is 0 Å². The van der Waals surface area contributed by atoms with Gasteiger partial charge in [0.25, 0.3) is 0 Å². The Kier molecular flexibility index (Phi) is 3.44. The number of aryl methyl sites for hydroxylation is 1. The van der Waals surface area contributed by atoms with Crippen molar-refractivity contribution in [1.82, 2.24) is 25.1 Å². The molecule has 0 saturated heterocycles. The number of nitrogens with one attached hydrogen (secondary N) is 1. The maximum Gasteiger partial charge on any atom is 0.226 e. The van der Waals surface area contributed by atoms with Crippen molar-refractivity contribution in [1.29, 1.82) is 0 Å². The van der Waals surface area contributed by atoms with Gasteiger partial charge in [0.1, 0.15) is 18.4 Å². The highest BCUT2D eigenvalue weighted by atomic mass is 16.3. The van der Waals surface area contributed by atoms with Crippen LogP contribution >= 0.6 is 0 Å². The van der Waals surface area contributed by atoms with E-state index in [0.717, 1.165) is 36.5 Å². The van der Waals surface area contributed by atoms with Crippen LogP contribution < -0.4 is 5.32 Å². The minimum absolute atomic E-state index is 0.395. The van der Waals surface area contributed by atoms with E-state index in [2.05, 4.69) is 20.4 Å². The molecule has 22 heavy (non-hydrogen) atoms. The molecule has 0 aliphatic carbocycles. The molecule has 1 aliphatic heterocycles. The van der Waals surface area contributed by atoms with E-state index in [1.54, 1.807) is 12.6 Å². The molecule has 1 atom stereocenters. The summed E-state index contributed by atoms with van der Waals surface area (Å²) in [6.07, 6.45) is 5.38. The Morgan fingerprint density at radius 2 is 2.18 bits per heavy atom. The minimum Gasteiger partial charge on any atom is -0.444 e. The van der Waals surface area contributed by atoms with Gasteiger partial charge in [-0.2, -0.15) is 5.10 Å². The van der Waals surface area contributed by atoms with E-state index in [0.29, 0.717) is 18.5 Å². The molecule has 6 heteroatoms. The lowest BCUT2D eigenvalue weighted by molar-refractivity contribution is 0.356. The third kappa shape index (κ3) is 2.65. The first kappa shape index (κ1) is 13.2. The molecule has 3 aromatic rings. The van der Waals surface area contributed by atoms with Gasteiger partial charge < -0.3 is 9.73 Å². The lowest BCUT2D eigenvalue weighted by atomic mass is 10.1. The van der Waals surface area contributed by atoms with Crippen molar-refractivity contribution in [2.24, 2.45) is 0 Å². The summed E-state index contributed by atoms with van der Waals surface area (Å²) < 4.78 is 7.53. The highest BCUT2D eigenvalue weighted by Crippen LogP contribution is 2.18. The number of oxazole rings is 1. The molecule has 0 radical (unpaired) electrons. The van der Waals surface area contributed by atoms with Crippen molar-refractivity contribution >= 4 is 0 Å². The Hall–Kier alpha value is -2.47. The van der Waals surface area contributed by atoms with Crippen molar-refractivity contribution in [3.8, 4) is 11.5 Å². The largest absolute Gasteiger partial charge is 0.444 e. The van der Waals surface area contributed by atoms with Gasteiger partial charge in [-0.25, -0.2) is 14.6 Å². The predicted octanol–water partition coefficient (Wildman–Crippen LogP) is 2.04. The van der Waals surface area contributed by atoms with Crippen LogP contribution in [0.2, 0.25) is 0 Å². The van der Waals surface area contributed by atoms with Gasteiger partial charge >= 0.3 is 0 Å². The van der Waals surface area contributed by atoms with Crippen molar-refractivity contribution in [3.05, 3.63) is 54.4 Å². The van der Waals surface area contributed by atoms with Crippen LogP contribution in [0.15, 0.2) is 47.3 Å². The third-order valence-electron chi connectivity index (χ3n) is 3.95. The van der Waals surface area contributed by atoms with Gasteiger partial charge in [-0.1, -0.05) is 18.2 Å². The minimum atomic E-state index is 0.395. The Bertz CT molecular complexity index is 749. The molecule has 0 spiro atoms. The van der Waals surface area contributed by atoms with Crippen molar-refractivity contribution in [3.63, 3.8) is 0 Å². The van der Waals surface area contributed by atoms with Gasteiger partial charge in [-0.15, -0.1) is 0 Å². The van der Waals surface area contributed by atoms with E-state index in [9.17, 15) is 0 Å². The summed E-state index contributed by atoms with van der Waals surface area (Å²) in [5.74, 6) is 1.74. The average molecular weight is 295 g/mol. The molecule has 1 aromatic carbocycles. The molecule has 0 fully saturated rings. The van der Waals surface area contributed by atoms with E-state index in [-0.39, 0.29) is 0 Å². The normalized spacial score (nSPS) is 17.4. The fraction of sp³-hybridized carbons (Fsp3) is 0.312. The molecule has 1 aliphatic rings. The second-order valence-corrected chi connectivity index (χ2v) is 5.48. The van der Waals surface area contributed by atoms with Crippen LogP contribution in [0.25, 0.3) is 11.5 Å². The number of nitrogens with zero attached hydrogens (tertiary/aromatic N) is 4. The zero-order valence-corrected chi connectivity index (χ0v) is 12.1. The number of fused-ring (bicyclic) bond motifs is 1. The summed E-state index contributed by atoms with van der Waals surface area (Å²) in [6, 6.07) is 10.3. The lowest BCUT2D eigenvalue weighted by Gasteiger charge is -2.23. The molecule has 0 bridgehead atoms. The molecule has 0 amide bonds. The number of aromatic nitrogens is 4. The van der Waals surface area contributed by atoms with Crippen LogP contribution in [-0.4, -0.2) is 25.8 Å². The topological polar surface area (TPSA) is 68.8 Å². The van der Waals surface area contributed by atoms with E-state index >= 15 is 0 Å². The zero-order chi connectivity index (χ0) is 14.8. The lowest BCUT2D eigenvalue weighted by Crippen LogP contribution is -2.37. The number of benzene rings is 1. The van der Waals surface area contributed by atoms with Crippen molar-refractivity contribution < 1.29 is 4.42 Å². The van der Waals surface area contributed by atoms with Crippen LogP contribution in [0.4, 0.5) is 0 Å². The Labute approximate surface area is 128 Å². The monoisotopic (exact) mass is 295 g/mol. The van der Waals surface area contributed by atoms with Gasteiger partial charge in [0.2, 0.25) is 5.89 Å². The summed E-state index contributed by atoms with van der Waals surface area (Å²) in [4.78, 5) is 8.78. The Morgan fingerprint density at radius 3 is 3.09 bits per heavy atom. The van der Waals surface area contributed by atoms with Gasteiger partial charge in [-0.3, -0.25) is 0 Å². The molecule has 4 rings (SSSR count). The van der Waals surface area contributed by atoms with E-state index in [1.165, 1.54) is 0 Å². The molecule has 2 aromatic heterocycles. The third-order valence-corrected chi connectivity index (χ3v) is 3.95. The maximum absolute atomic E-state index is 5.56. The van der Waals surface area contributed by atoms with Crippen molar-refractivity contribution in [2.75, 3.05) is 0 Å². The summed E-state index contributed by atoms with van der Waals surface area (Å²) in [6.45, 7) is 1.56. The van der Waals surface area contributed by atoms with E-state index in [4.69, 9.17) is 4.42 Å². The summed E-state index contributed by atoms with van der Waals surface area (Å²) >= 11 is 0. The van der Waals surface area contributed by atoms with Gasteiger partial charge in [0.15, 0.2) is 0 Å². The van der Waals surface area contributed by atoms with Crippen molar-refractivity contribution in [2.45, 2.75) is 32.0 Å². The van der Waals surface area contributed by atoms with E-state index < -0.39 is 0 Å². The summed E-state index contributed by atoms with van der Waals surface area (Å²) in [5.41, 5.74) is 1.92. The highest BCUT2D eigenvalue weighted by Gasteiger charge is 2.19. The molecule has 0 unspecified atom stereocenters. The summed E-state index contributed by atoms with van der Waals surface area (Å²) in [5, 5.41) is 7.76. The molecule has 6 nitrogen and oxygen atoms in total. The molecular weight excluding hydrogens is 278 g/mol. The first-order valence-corrected chi connectivity index (χ1v) is 7.48. The number of hydrogen-bond donors (Lipinski definition) is 1. The smallest absolute Gasteiger partial charge is 0.226 e. The fourth-order valence-electron chi connectivity index (χ4n) is 2.75. The molecule has 3 heterocycles. The van der Waals surface area contributed by atoms with Crippen LogP contribution in [-0.2, 0) is 19.5 Å². The first-order valence-electron chi connectivity index (χ1n) is 7.48. The second kappa shape index (κ2) is 5.73. The molecule has 112 valence electrons. The molecule has 1 N–H and O–H groups in total. The van der Waals surface area contributed by atoms with Gasteiger partial charge in [-0.05, 0) is 18.6 Å². The van der Waals surface area contributed by atoms with Crippen LogP contribution in [0.3, 0.4) is 0 Å². The SMILES string of the molecule is c1ccc(-c2nc(CN[C@@H]3CCc4ncnn4C3)co2)cc1. The number of hydrogen-bond acceptors (Lipinski definition) is 5. The zero-order valence-electron chi connectivity index (χ0n) is 12.1. The predicted molar refractivity (Wildman–Crippen MR) is 80.9 cm³/mol. The van der Waals surface area contributed by atoms with Crippen LogP contribution in [0.1, 0.15) is 17.9 Å². The van der Waals surface area contributed by atoms with Gasteiger partial charge in [0.05, 0.1) is 12.2 Å². The summed E-state index contributed by atoms with van der Waals surface area (Å²) in [7, 11) is 0. The first-order chi connectivity index (χ1) is 10.9. The average Bonchev–Trinajstić information content (AvgIpc) is 3.22. The maximum atomic E-state index is 5.56. The fourth-order valence-corrected chi connectivity index (χ4v) is 2.75. The number of rotatable bonds is 4. The van der Waals surface area contributed by atoms with E-state index in [1.807, 2.05) is 35.0 Å². The molecule has 0 saturated carbocycles. The quantitative estimate of drug-likeness (QED) is 0.797. The second-order valence-electron chi connectivity index (χ2n) is 5.48. The van der Waals surface area contributed by atoms with Crippen LogP contribution in [0, 0.1) is 0 Å². The standard InChI is InChI=1S/C16H17N5O/c1-2-4-12(5-3-1)16-20-14(10-22-16)8-17-13-6-7-15-18-11-19-21(15)9-13/h1-5,10-11,13,17H,6-9H2/t13-/m1/s1.